The van der Waals surface area contributed by atoms with E-state index in [0.29, 0.717) is 17.0 Å². The fourth-order valence-electron chi connectivity index (χ4n) is 3.27. The molecule has 1 aliphatic carbocycles. The molecule has 0 amide bonds. The molecule has 1 aromatic carbocycles. The van der Waals surface area contributed by atoms with Crippen LogP contribution >= 0.6 is 21.6 Å². The number of benzene rings is 1. The van der Waals surface area contributed by atoms with E-state index in [1.165, 1.54) is 43.6 Å². The molecule has 34 heavy (non-hydrogen) atoms. The van der Waals surface area contributed by atoms with Crippen molar-refractivity contribution in [1.82, 2.24) is 14.8 Å². The van der Waals surface area contributed by atoms with Gasteiger partial charge in [0, 0.05) is 21.4 Å². The van der Waals surface area contributed by atoms with E-state index in [0.717, 1.165) is 26.5 Å². The zero-order valence-corrected chi connectivity index (χ0v) is 20.0. The van der Waals surface area contributed by atoms with Crippen LogP contribution in [0.3, 0.4) is 0 Å². The number of rotatable bonds is 6. The van der Waals surface area contributed by atoms with Gasteiger partial charge in [-0.25, -0.2) is 18.4 Å². The quantitative estimate of drug-likeness (QED) is 0.272. The summed E-state index contributed by atoms with van der Waals surface area (Å²) in [6.07, 6.45) is 0.698. The second-order valence-corrected chi connectivity index (χ2v) is 9.73. The topological polar surface area (TPSA) is 58.4 Å². The smallest absolute Gasteiger partial charge is 0.220 e. The first-order valence-electron chi connectivity index (χ1n) is 9.96. The highest BCUT2D eigenvalue weighted by molar-refractivity contribution is 8.78. The molecule has 4 rings (SSSR count). The van der Waals surface area contributed by atoms with Gasteiger partial charge in [-0.2, -0.15) is 8.78 Å². The van der Waals surface area contributed by atoms with Crippen LogP contribution in [0.25, 0.3) is 5.69 Å². The molecule has 0 fully saturated rings. The van der Waals surface area contributed by atoms with Gasteiger partial charge in [0.2, 0.25) is 5.82 Å². The van der Waals surface area contributed by atoms with Crippen LogP contribution in [0.4, 0.5) is 17.6 Å². The Hall–Kier alpha value is -2.99. The van der Waals surface area contributed by atoms with E-state index in [2.05, 4.69) is 26.8 Å². The van der Waals surface area contributed by atoms with Gasteiger partial charge in [-0.3, -0.25) is 0 Å². The minimum atomic E-state index is -2.76. The number of alkyl halides is 4. The van der Waals surface area contributed by atoms with Crippen molar-refractivity contribution in [2.24, 2.45) is 10.1 Å². The van der Waals surface area contributed by atoms with Crippen LogP contribution in [0.1, 0.15) is 30.3 Å². The number of hydrogen-bond donors (Lipinski definition) is 0. The molecule has 1 aromatic heterocycles. The Morgan fingerprint density at radius 1 is 1.00 bits per heavy atom. The zero-order chi connectivity index (χ0) is 24.6. The third-order valence-electron chi connectivity index (χ3n) is 4.99. The molecule has 2 heterocycles. The van der Waals surface area contributed by atoms with Crippen molar-refractivity contribution < 1.29 is 22.2 Å². The van der Waals surface area contributed by atoms with E-state index in [-0.39, 0.29) is 0 Å². The van der Waals surface area contributed by atoms with Crippen molar-refractivity contribution in [3.63, 3.8) is 0 Å². The van der Waals surface area contributed by atoms with Gasteiger partial charge in [-0.15, -0.1) is 5.10 Å². The molecule has 0 atom stereocenters. The van der Waals surface area contributed by atoms with Gasteiger partial charge in [0.15, 0.2) is 5.71 Å². The van der Waals surface area contributed by atoms with Gasteiger partial charge >= 0.3 is 18.6 Å². The molecule has 0 spiro atoms. The monoisotopic (exact) mass is 507 g/mol. The minimum absolute atomic E-state index is 0.525. The summed E-state index contributed by atoms with van der Waals surface area (Å²) in [5.74, 6) is -1.07. The third-order valence-corrected chi connectivity index (χ3v) is 7.64. The Balaban J connectivity index is 1.61. The Kier molecular flexibility index (Phi) is 6.89. The predicted molar refractivity (Wildman–Crippen MR) is 127 cm³/mol. The van der Waals surface area contributed by atoms with Gasteiger partial charge in [-0.1, -0.05) is 38.9 Å². The summed E-state index contributed by atoms with van der Waals surface area (Å²) < 4.78 is 54.3. The van der Waals surface area contributed by atoms with E-state index in [1.807, 2.05) is 45.1 Å². The molecule has 0 saturated carbocycles. The van der Waals surface area contributed by atoms with E-state index in [9.17, 15) is 17.6 Å². The molecular weight excluding hydrogens is 488 g/mol. The highest BCUT2D eigenvalue weighted by atomic mass is 33.1. The lowest BCUT2D eigenvalue weighted by Crippen LogP contribution is -2.16. The lowest BCUT2D eigenvalue weighted by molar-refractivity contribution is -0.397. The SMILES string of the molecule is C=C1C=C(C)C(SSc2cc(-n3cnc(C(F)F)n3)c(C)cc2C)=CC1=[N+]1C=NC(C(F)F)=N1. The first-order chi connectivity index (χ1) is 16.1. The summed E-state index contributed by atoms with van der Waals surface area (Å²) in [5, 5.41) is 7.72. The van der Waals surface area contributed by atoms with Crippen molar-refractivity contribution in [1.29, 1.82) is 0 Å². The number of aromatic nitrogens is 3. The van der Waals surface area contributed by atoms with E-state index >= 15 is 0 Å². The summed E-state index contributed by atoms with van der Waals surface area (Å²) in [6.45, 7) is 9.77. The maximum Gasteiger partial charge on any atom is 0.347 e. The molecule has 0 bridgehead atoms. The maximum atomic E-state index is 12.9. The number of amidine groups is 1. The zero-order valence-electron chi connectivity index (χ0n) is 18.3. The number of aliphatic imine (C=N–C) groups is 1. The molecule has 12 heteroatoms. The standard InChI is InChI=1S/C22H19F4N6S2/c1-11-5-13(3)17(7-15(11)31-9-27-21(29-31)19(23)24)33-34-18-8-16(12(2)6-14(18)4)32-10-28-22(30-32)20(25)26/h5-10,19-20H,1H2,2-4H3/q+1. The highest BCUT2D eigenvalue weighted by Crippen LogP contribution is 2.43. The Bertz CT molecular complexity index is 1320. The number of nitrogens with zero attached hydrogens (tertiary/aromatic N) is 6. The van der Waals surface area contributed by atoms with Crippen molar-refractivity contribution >= 4 is 39.5 Å². The van der Waals surface area contributed by atoms with Gasteiger partial charge in [0.1, 0.15) is 6.33 Å². The molecule has 0 saturated heterocycles. The fourth-order valence-corrected chi connectivity index (χ4v) is 5.77. The summed E-state index contributed by atoms with van der Waals surface area (Å²) in [6, 6.07) is 3.84. The van der Waals surface area contributed by atoms with Crippen LogP contribution in [0.2, 0.25) is 0 Å². The number of allylic oxidation sites excluding steroid dienone is 4. The predicted octanol–water partition coefficient (Wildman–Crippen LogP) is 6.04. The minimum Gasteiger partial charge on any atom is -0.220 e. The third kappa shape index (κ3) is 4.92. The van der Waals surface area contributed by atoms with Crippen molar-refractivity contribution in [3.05, 3.63) is 70.2 Å². The second kappa shape index (κ2) is 9.71. The number of hydrogen-bond acceptors (Lipinski definition) is 6. The molecule has 176 valence electrons. The van der Waals surface area contributed by atoms with Gasteiger partial charge in [0.05, 0.1) is 5.69 Å². The molecular formula is C22H19F4N6S2+. The van der Waals surface area contributed by atoms with Gasteiger partial charge in [-0.05, 0) is 59.7 Å². The van der Waals surface area contributed by atoms with Crippen LogP contribution in [0.5, 0.6) is 0 Å². The largest absolute Gasteiger partial charge is 0.347 e. The Morgan fingerprint density at radius 2 is 1.76 bits per heavy atom. The first kappa shape index (κ1) is 24.1. The molecule has 6 nitrogen and oxygen atoms in total. The molecule has 0 unspecified atom stereocenters. The highest BCUT2D eigenvalue weighted by Gasteiger charge is 2.28. The summed E-state index contributed by atoms with van der Waals surface area (Å²) in [7, 11) is 2.96. The normalized spacial score (nSPS) is 18.1. The van der Waals surface area contributed by atoms with Crippen LogP contribution in [-0.2, 0) is 0 Å². The van der Waals surface area contributed by atoms with Crippen molar-refractivity contribution in [2.45, 2.75) is 38.5 Å². The fraction of sp³-hybridized carbons (Fsp3) is 0.227. The first-order valence-corrected chi connectivity index (χ1v) is 12.1. The van der Waals surface area contributed by atoms with Gasteiger partial charge in [0.25, 0.3) is 6.43 Å². The van der Waals surface area contributed by atoms with Crippen LogP contribution in [0.15, 0.2) is 68.2 Å². The molecule has 2 aliphatic rings. The van der Waals surface area contributed by atoms with E-state index in [4.69, 9.17) is 0 Å². The summed E-state index contributed by atoms with van der Waals surface area (Å²) in [5.41, 5.74) is 4.68. The average Bonchev–Trinajstić information content (AvgIpc) is 3.44. The van der Waals surface area contributed by atoms with Crippen molar-refractivity contribution in [2.75, 3.05) is 0 Å². The second-order valence-electron chi connectivity index (χ2n) is 7.51. The lowest BCUT2D eigenvalue weighted by Gasteiger charge is -2.15. The Morgan fingerprint density at radius 3 is 2.41 bits per heavy atom. The summed E-state index contributed by atoms with van der Waals surface area (Å²) >= 11 is 0. The van der Waals surface area contributed by atoms with Crippen LogP contribution < -0.4 is 0 Å². The lowest BCUT2D eigenvalue weighted by atomic mass is 10.0. The van der Waals surface area contributed by atoms with Crippen molar-refractivity contribution in [3.8, 4) is 5.69 Å². The number of aryl methyl sites for hydroxylation is 2. The van der Waals surface area contributed by atoms with Gasteiger partial charge < -0.3 is 0 Å². The number of halogens is 4. The summed E-state index contributed by atoms with van der Waals surface area (Å²) in [4.78, 5) is 9.13. The Labute approximate surface area is 201 Å². The van der Waals surface area contributed by atoms with Crippen LogP contribution in [0, 0.1) is 13.8 Å². The average molecular weight is 508 g/mol. The van der Waals surface area contributed by atoms with E-state index in [1.54, 1.807) is 0 Å². The number of hydrazone groups is 1. The maximum absolute atomic E-state index is 12.9. The molecule has 0 N–H and O–H groups in total. The van der Waals surface area contributed by atoms with Crippen LogP contribution in [-0.4, -0.2) is 43.8 Å². The molecule has 2 aromatic rings. The molecule has 0 radical (unpaired) electrons. The molecule has 1 aliphatic heterocycles. The van der Waals surface area contributed by atoms with E-state index < -0.39 is 24.5 Å².